The van der Waals surface area contributed by atoms with Gasteiger partial charge in [0.25, 0.3) is 5.91 Å². The predicted molar refractivity (Wildman–Crippen MR) is 102 cm³/mol. The van der Waals surface area contributed by atoms with Crippen molar-refractivity contribution < 1.29 is 23.9 Å². The number of nitrogens with one attached hydrogen (secondary N) is 1. The maximum Gasteiger partial charge on any atom is 0.347 e. The van der Waals surface area contributed by atoms with Gasteiger partial charge in [0, 0.05) is 5.56 Å². The van der Waals surface area contributed by atoms with Crippen molar-refractivity contribution in [1.82, 2.24) is 0 Å². The van der Waals surface area contributed by atoms with E-state index in [1.807, 2.05) is 19.1 Å². The third-order valence-corrected chi connectivity index (χ3v) is 3.86. The highest BCUT2D eigenvalue weighted by atomic mass is 16.6. The number of rotatable bonds is 7. The van der Waals surface area contributed by atoms with E-state index < -0.39 is 24.1 Å². The molecule has 27 heavy (non-hydrogen) atoms. The van der Waals surface area contributed by atoms with Gasteiger partial charge in [0.1, 0.15) is 5.75 Å². The Labute approximate surface area is 158 Å². The SMILES string of the molecule is CC(=O)c1ccccc1NC(=O)[C@@H](C)OC(=O)[C@H](C)Oc1cccc(C)c1. The molecular weight excluding hydrogens is 346 g/mol. The average Bonchev–Trinajstić information content (AvgIpc) is 2.61. The Morgan fingerprint density at radius 3 is 2.33 bits per heavy atom. The monoisotopic (exact) mass is 369 g/mol. The summed E-state index contributed by atoms with van der Waals surface area (Å²) in [4.78, 5) is 36.1. The molecule has 1 amide bonds. The van der Waals surface area contributed by atoms with Crippen molar-refractivity contribution in [2.75, 3.05) is 5.32 Å². The number of hydrogen-bond acceptors (Lipinski definition) is 5. The third-order valence-electron chi connectivity index (χ3n) is 3.86. The number of amides is 1. The number of carbonyl (C=O) groups is 3. The Hall–Kier alpha value is -3.15. The van der Waals surface area contributed by atoms with Gasteiger partial charge in [-0.25, -0.2) is 4.79 Å². The number of anilines is 1. The zero-order valence-electron chi connectivity index (χ0n) is 15.8. The Kier molecular flexibility index (Phi) is 6.71. The minimum absolute atomic E-state index is 0.171. The molecule has 2 aromatic rings. The maximum absolute atomic E-state index is 12.3. The topological polar surface area (TPSA) is 81.7 Å². The zero-order valence-corrected chi connectivity index (χ0v) is 15.8. The molecule has 2 aromatic carbocycles. The smallest absolute Gasteiger partial charge is 0.347 e. The molecule has 0 fully saturated rings. The van der Waals surface area contributed by atoms with E-state index in [2.05, 4.69) is 5.32 Å². The van der Waals surface area contributed by atoms with Crippen LogP contribution in [0.3, 0.4) is 0 Å². The molecule has 0 aliphatic rings. The van der Waals surface area contributed by atoms with Crippen LogP contribution < -0.4 is 10.1 Å². The highest BCUT2D eigenvalue weighted by molar-refractivity contribution is 6.04. The molecule has 0 saturated heterocycles. The van der Waals surface area contributed by atoms with Crippen LogP contribution in [0.25, 0.3) is 0 Å². The van der Waals surface area contributed by atoms with E-state index in [4.69, 9.17) is 9.47 Å². The van der Waals surface area contributed by atoms with Crippen molar-refractivity contribution >= 4 is 23.3 Å². The number of esters is 1. The highest BCUT2D eigenvalue weighted by Crippen LogP contribution is 2.17. The van der Waals surface area contributed by atoms with Gasteiger partial charge in [0.15, 0.2) is 18.0 Å². The summed E-state index contributed by atoms with van der Waals surface area (Å²) in [5, 5.41) is 2.62. The lowest BCUT2D eigenvalue weighted by molar-refractivity contribution is -0.159. The molecule has 2 atom stereocenters. The van der Waals surface area contributed by atoms with Crippen LogP contribution in [0.5, 0.6) is 5.75 Å². The van der Waals surface area contributed by atoms with Gasteiger partial charge in [-0.3, -0.25) is 9.59 Å². The molecule has 0 spiro atoms. The Bertz CT molecular complexity index is 846. The summed E-state index contributed by atoms with van der Waals surface area (Å²) in [6.07, 6.45) is -1.91. The predicted octanol–water partition coefficient (Wildman–Crippen LogP) is 3.54. The average molecular weight is 369 g/mol. The van der Waals surface area contributed by atoms with Crippen LogP contribution in [-0.2, 0) is 14.3 Å². The summed E-state index contributed by atoms with van der Waals surface area (Å²) in [7, 11) is 0. The molecule has 0 bridgehead atoms. The summed E-state index contributed by atoms with van der Waals surface area (Å²) >= 11 is 0. The zero-order chi connectivity index (χ0) is 20.0. The van der Waals surface area contributed by atoms with Crippen LogP contribution >= 0.6 is 0 Å². The number of ketones is 1. The number of aryl methyl sites for hydroxylation is 1. The summed E-state index contributed by atoms with van der Waals surface area (Å²) in [5.74, 6) is -0.804. The van der Waals surface area contributed by atoms with Gasteiger partial charge in [-0.1, -0.05) is 24.3 Å². The molecule has 0 aliphatic carbocycles. The van der Waals surface area contributed by atoms with Crippen LogP contribution in [0.2, 0.25) is 0 Å². The number of Topliss-reactive ketones (excluding diaryl/α,β-unsaturated/α-hetero) is 1. The molecule has 6 nitrogen and oxygen atoms in total. The first-order valence-electron chi connectivity index (χ1n) is 8.62. The van der Waals surface area contributed by atoms with Gasteiger partial charge >= 0.3 is 5.97 Å². The van der Waals surface area contributed by atoms with Gasteiger partial charge in [-0.2, -0.15) is 0 Å². The summed E-state index contributed by atoms with van der Waals surface area (Å²) < 4.78 is 10.7. The van der Waals surface area contributed by atoms with E-state index in [1.54, 1.807) is 43.3 Å². The van der Waals surface area contributed by atoms with Crippen molar-refractivity contribution in [3.8, 4) is 5.75 Å². The quantitative estimate of drug-likeness (QED) is 0.596. The molecule has 0 radical (unpaired) electrons. The van der Waals surface area contributed by atoms with Gasteiger partial charge in [0.2, 0.25) is 0 Å². The molecule has 1 N–H and O–H groups in total. The fraction of sp³-hybridized carbons (Fsp3) is 0.286. The molecule has 2 rings (SSSR count). The first-order valence-corrected chi connectivity index (χ1v) is 8.62. The van der Waals surface area contributed by atoms with Crippen LogP contribution in [0.4, 0.5) is 5.69 Å². The first kappa shape index (κ1) is 20.2. The van der Waals surface area contributed by atoms with E-state index in [0.717, 1.165) is 5.56 Å². The van der Waals surface area contributed by atoms with Crippen molar-refractivity contribution in [2.24, 2.45) is 0 Å². The van der Waals surface area contributed by atoms with E-state index in [9.17, 15) is 14.4 Å². The standard InChI is InChI=1S/C21H23NO5/c1-13-8-7-9-17(12-13)26-16(4)21(25)27-15(3)20(24)22-19-11-6-5-10-18(19)14(2)23/h5-12,15-16H,1-4H3,(H,22,24)/t15-,16+/m1/s1. The second kappa shape index (κ2) is 8.98. The summed E-state index contributed by atoms with van der Waals surface area (Å²) in [5.41, 5.74) is 1.77. The van der Waals surface area contributed by atoms with Crippen molar-refractivity contribution in [3.05, 3.63) is 59.7 Å². The van der Waals surface area contributed by atoms with Crippen molar-refractivity contribution in [1.29, 1.82) is 0 Å². The lowest BCUT2D eigenvalue weighted by Crippen LogP contribution is -2.35. The van der Waals surface area contributed by atoms with Gasteiger partial charge in [-0.05, 0) is 57.5 Å². The largest absolute Gasteiger partial charge is 0.479 e. The number of benzene rings is 2. The number of para-hydroxylation sites is 1. The van der Waals surface area contributed by atoms with Gasteiger partial charge < -0.3 is 14.8 Å². The normalized spacial score (nSPS) is 12.6. The Morgan fingerprint density at radius 2 is 1.67 bits per heavy atom. The van der Waals surface area contributed by atoms with E-state index in [0.29, 0.717) is 17.0 Å². The van der Waals surface area contributed by atoms with Crippen LogP contribution in [0.1, 0.15) is 36.7 Å². The van der Waals surface area contributed by atoms with E-state index in [-0.39, 0.29) is 5.78 Å². The molecule has 0 heterocycles. The Morgan fingerprint density at radius 1 is 0.963 bits per heavy atom. The molecule has 6 heteroatoms. The molecular formula is C21H23NO5. The molecule has 142 valence electrons. The summed E-state index contributed by atoms with van der Waals surface area (Å²) in [6.45, 7) is 6.35. The van der Waals surface area contributed by atoms with Crippen LogP contribution in [0.15, 0.2) is 48.5 Å². The fourth-order valence-electron chi connectivity index (χ4n) is 2.40. The first-order chi connectivity index (χ1) is 12.8. The lowest BCUT2D eigenvalue weighted by Gasteiger charge is -2.18. The van der Waals surface area contributed by atoms with Crippen molar-refractivity contribution in [2.45, 2.75) is 39.9 Å². The maximum atomic E-state index is 12.3. The van der Waals surface area contributed by atoms with Gasteiger partial charge in [-0.15, -0.1) is 0 Å². The molecule has 0 aliphatic heterocycles. The highest BCUT2D eigenvalue weighted by Gasteiger charge is 2.24. The number of ether oxygens (including phenoxy) is 2. The van der Waals surface area contributed by atoms with E-state index in [1.165, 1.54) is 13.8 Å². The molecule has 0 unspecified atom stereocenters. The third kappa shape index (κ3) is 5.67. The minimum Gasteiger partial charge on any atom is -0.479 e. The van der Waals surface area contributed by atoms with Crippen LogP contribution in [-0.4, -0.2) is 29.9 Å². The molecule has 0 saturated carbocycles. The number of hydrogen-bond donors (Lipinski definition) is 1. The van der Waals surface area contributed by atoms with E-state index >= 15 is 0 Å². The summed E-state index contributed by atoms with van der Waals surface area (Å²) in [6, 6.07) is 13.9. The van der Waals surface area contributed by atoms with Crippen LogP contribution in [0, 0.1) is 6.92 Å². The fourth-order valence-corrected chi connectivity index (χ4v) is 2.40. The van der Waals surface area contributed by atoms with Gasteiger partial charge in [0.05, 0.1) is 5.69 Å². The minimum atomic E-state index is -1.04. The second-order valence-electron chi connectivity index (χ2n) is 6.25. The lowest BCUT2D eigenvalue weighted by atomic mass is 10.1. The number of carbonyl (C=O) groups excluding carboxylic acids is 3. The second-order valence-corrected chi connectivity index (χ2v) is 6.25. The van der Waals surface area contributed by atoms with Crippen molar-refractivity contribution in [3.63, 3.8) is 0 Å². The molecule has 0 aromatic heterocycles. The Balaban J connectivity index is 1.95.